The molecule has 3 rings (SSSR count). The van der Waals surface area contributed by atoms with Crippen LogP contribution in [0, 0.1) is 29.4 Å². The molecule has 1 aromatic carbocycles. The minimum Gasteiger partial charge on any atom is -0.384 e. The SMILES string of the molecule is COC[C@H]1CC[C@H]([C@H]2CC[C@H](c3cc(F)cc(F)c3)CC2)CC1. The third-order valence-corrected chi connectivity index (χ3v) is 6.09. The summed E-state index contributed by atoms with van der Waals surface area (Å²) in [6, 6.07) is 4.00. The van der Waals surface area contributed by atoms with E-state index in [4.69, 9.17) is 4.74 Å². The molecule has 2 aliphatic rings. The van der Waals surface area contributed by atoms with Gasteiger partial charge in [0, 0.05) is 19.8 Å². The third-order valence-electron chi connectivity index (χ3n) is 6.09. The lowest BCUT2D eigenvalue weighted by atomic mass is 9.68. The van der Waals surface area contributed by atoms with E-state index in [1.54, 1.807) is 7.11 Å². The number of hydrogen-bond acceptors (Lipinski definition) is 1. The molecule has 2 aliphatic carbocycles. The molecule has 3 heteroatoms. The summed E-state index contributed by atoms with van der Waals surface area (Å²) >= 11 is 0. The molecule has 0 radical (unpaired) electrons. The highest BCUT2D eigenvalue weighted by molar-refractivity contribution is 5.22. The van der Waals surface area contributed by atoms with Gasteiger partial charge in [-0.25, -0.2) is 8.78 Å². The van der Waals surface area contributed by atoms with Crippen molar-refractivity contribution in [2.24, 2.45) is 17.8 Å². The van der Waals surface area contributed by atoms with Crippen molar-refractivity contribution >= 4 is 0 Å². The maximum absolute atomic E-state index is 13.4. The molecule has 0 bridgehead atoms. The van der Waals surface area contributed by atoms with Gasteiger partial charge in [-0.05, 0) is 92.7 Å². The lowest BCUT2D eigenvalue weighted by Gasteiger charge is -2.38. The van der Waals surface area contributed by atoms with Crippen LogP contribution in [0.1, 0.15) is 62.8 Å². The van der Waals surface area contributed by atoms with Crippen molar-refractivity contribution in [2.75, 3.05) is 13.7 Å². The van der Waals surface area contributed by atoms with Gasteiger partial charge in [-0.2, -0.15) is 0 Å². The van der Waals surface area contributed by atoms with Gasteiger partial charge in [0.25, 0.3) is 0 Å². The number of halogens is 2. The molecule has 0 atom stereocenters. The maximum Gasteiger partial charge on any atom is 0.126 e. The Bertz CT molecular complexity index is 480. The molecule has 0 heterocycles. The van der Waals surface area contributed by atoms with Crippen LogP contribution in [0.3, 0.4) is 0 Å². The van der Waals surface area contributed by atoms with E-state index in [0.29, 0.717) is 5.92 Å². The van der Waals surface area contributed by atoms with Crippen LogP contribution >= 0.6 is 0 Å². The van der Waals surface area contributed by atoms with Gasteiger partial charge in [0.05, 0.1) is 0 Å². The molecule has 1 aromatic rings. The fraction of sp³-hybridized carbons (Fsp3) is 0.700. The Hall–Kier alpha value is -0.960. The van der Waals surface area contributed by atoms with Crippen molar-refractivity contribution in [1.82, 2.24) is 0 Å². The lowest BCUT2D eigenvalue weighted by Crippen LogP contribution is -2.26. The number of benzene rings is 1. The summed E-state index contributed by atoms with van der Waals surface area (Å²) in [6.45, 7) is 0.907. The smallest absolute Gasteiger partial charge is 0.126 e. The van der Waals surface area contributed by atoms with E-state index in [-0.39, 0.29) is 0 Å². The monoisotopic (exact) mass is 322 g/mol. The molecule has 0 N–H and O–H groups in total. The summed E-state index contributed by atoms with van der Waals surface area (Å²) < 4.78 is 32.1. The second kappa shape index (κ2) is 7.74. The Kier molecular flexibility index (Phi) is 5.68. The zero-order valence-corrected chi connectivity index (χ0v) is 14.1. The number of methoxy groups -OCH3 is 1. The molecule has 0 spiro atoms. The van der Waals surface area contributed by atoms with E-state index >= 15 is 0 Å². The van der Waals surface area contributed by atoms with Crippen LogP contribution in [-0.4, -0.2) is 13.7 Å². The van der Waals surface area contributed by atoms with E-state index in [0.717, 1.165) is 48.8 Å². The van der Waals surface area contributed by atoms with Crippen LogP contribution in [0.4, 0.5) is 8.78 Å². The average molecular weight is 322 g/mol. The van der Waals surface area contributed by atoms with Gasteiger partial charge in [0.1, 0.15) is 11.6 Å². The van der Waals surface area contributed by atoms with Crippen molar-refractivity contribution in [3.8, 4) is 0 Å². The Morgan fingerprint density at radius 3 is 1.87 bits per heavy atom. The highest BCUT2D eigenvalue weighted by atomic mass is 19.1. The van der Waals surface area contributed by atoms with Gasteiger partial charge in [-0.3, -0.25) is 0 Å². The van der Waals surface area contributed by atoms with Gasteiger partial charge < -0.3 is 4.74 Å². The van der Waals surface area contributed by atoms with Crippen LogP contribution < -0.4 is 0 Å². The molecular formula is C20H28F2O. The Morgan fingerprint density at radius 1 is 0.826 bits per heavy atom. The Morgan fingerprint density at radius 2 is 1.35 bits per heavy atom. The Labute approximate surface area is 138 Å². The van der Waals surface area contributed by atoms with E-state index in [9.17, 15) is 8.78 Å². The quantitative estimate of drug-likeness (QED) is 0.692. The first-order valence-electron chi connectivity index (χ1n) is 9.10. The zero-order valence-electron chi connectivity index (χ0n) is 14.1. The van der Waals surface area contributed by atoms with Gasteiger partial charge in [-0.1, -0.05) is 0 Å². The second-order valence-electron chi connectivity index (χ2n) is 7.55. The average Bonchev–Trinajstić information content (AvgIpc) is 2.55. The predicted octanol–water partition coefficient (Wildman–Crippen LogP) is 5.69. The molecule has 0 aliphatic heterocycles. The third kappa shape index (κ3) is 4.32. The van der Waals surface area contributed by atoms with Crippen molar-refractivity contribution in [3.63, 3.8) is 0 Å². The topological polar surface area (TPSA) is 9.23 Å². The second-order valence-corrected chi connectivity index (χ2v) is 7.55. The van der Waals surface area contributed by atoms with Crippen LogP contribution in [0.25, 0.3) is 0 Å². The molecule has 128 valence electrons. The largest absolute Gasteiger partial charge is 0.384 e. The summed E-state index contributed by atoms with van der Waals surface area (Å²) in [7, 11) is 1.79. The van der Waals surface area contributed by atoms with Crippen LogP contribution in [0.2, 0.25) is 0 Å². The molecule has 0 amide bonds. The molecule has 2 fully saturated rings. The van der Waals surface area contributed by atoms with Gasteiger partial charge in [0.15, 0.2) is 0 Å². The minimum absolute atomic E-state index is 0.335. The summed E-state index contributed by atoms with van der Waals surface area (Å²) in [5.41, 5.74) is 0.852. The fourth-order valence-electron chi connectivity index (χ4n) is 4.80. The number of hydrogen-bond donors (Lipinski definition) is 0. The summed E-state index contributed by atoms with van der Waals surface area (Å²) in [5, 5.41) is 0. The first kappa shape index (κ1) is 16.9. The zero-order chi connectivity index (χ0) is 16.2. The first-order valence-corrected chi connectivity index (χ1v) is 9.10. The molecule has 1 nitrogen and oxygen atoms in total. The predicted molar refractivity (Wildman–Crippen MR) is 88.4 cm³/mol. The van der Waals surface area contributed by atoms with Crippen molar-refractivity contribution in [3.05, 3.63) is 35.4 Å². The normalized spacial score (nSPS) is 32.0. The van der Waals surface area contributed by atoms with E-state index in [1.807, 2.05) is 0 Å². The highest BCUT2D eigenvalue weighted by Crippen LogP contribution is 2.44. The molecule has 0 saturated heterocycles. The molecule has 0 unspecified atom stereocenters. The van der Waals surface area contributed by atoms with Crippen molar-refractivity contribution < 1.29 is 13.5 Å². The molecule has 0 aromatic heterocycles. The van der Waals surface area contributed by atoms with Gasteiger partial charge in [-0.15, -0.1) is 0 Å². The van der Waals surface area contributed by atoms with Gasteiger partial charge in [0.2, 0.25) is 0 Å². The van der Waals surface area contributed by atoms with Crippen molar-refractivity contribution in [1.29, 1.82) is 0 Å². The van der Waals surface area contributed by atoms with Crippen LogP contribution in [-0.2, 0) is 4.74 Å². The van der Waals surface area contributed by atoms with Crippen LogP contribution in [0.5, 0.6) is 0 Å². The van der Waals surface area contributed by atoms with E-state index in [1.165, 1.54) is 50.7 Å². The summed E-state index contributed by atoms with van der Waals surface area (Å²) in [4.78, 5) is 0. The first-order chi connectivity index (χ1) is 11.2. The number of rotatable bonds is 4. The summed E-state index contributed by atoms with van der Waals surface area (Å²) in [5.74, 6) is 1.86. The van der Waals surface area contributed by atoms with Gasteiger partial charge >= 0.3 is 0 Å². The van der Waals surface area contributed by atoms with E-state index < -0.39 is 11.6 Å². The van der Waals surface area contributed by atoms with Crippen LogP contribution in [0.15, 0.2) is 18.2 Å². The fourth-order valence-corrected chi connectivity index (χ4v) is 4.80. The molecule has 23 heavy (non-hydrogen) atoms. The minimum atomic E-state index is -0.446. The molecular weight excluding hydrogens is 294 g/mol. The van der Waals surface area contributed by atoms with Crippen molar-refractivity contribution in [2.45, 2.75) is 57.3 Å². The van der Waals surface area contributed by atoms with E-state index in [2.05, 4.69) is 0 Å². The maximum atomic E-state index is 13.4. The Balaban J connectivity index is 1.51. The summed E-state index contributed by atoms with van der Waals surface area (Å²) in [6.07, 6.45) is 9.83. The number of ether oxygens (including phenoxy) is 1. The lowest BCUT2D eigenvalue weighted by molar-refractivity contribution is 0.0968. The standard InChI is InChI=1S/C20H28F2O/c1-23-13-14-2-4-15(5-3-14)16-6-8-17(9-7-16)18-10-19(21)12-20(22)11-18/h10-12,14-17H,2-9,13H2,1H3/t14-,15-,16-,17-. The highest BCUT2D eigenvalue weighted by Gasteiger charge is 2.31. The molecule has 2 saturated carbocycles.